The fourth-order valence-electron chi connectivity index (χ4n) is 8.12. The number of nitrogens with one attached hydrogen (secondary N) is 3. The number of para-hydroxylation sites is 2. The van der Waals surface area contributed by atoms with Crippen molar-refractivity contribution >= 4 is 185 Å². The third-order valence-electron chi connectivity index (χ3n) is 12.3. The molecule has 0 radical (unpaired) electrons. The van der Waals surface area contributed by atoms with Gasteiger partial charge in [0.1, 0.15) is 11.0 Å². The summed E-state index contributed by atoms with van der Waals surface area (Å²) in [7, 11) is 0.628. The Morgan fingerprint density at radius 3 is 1.49 bits per heavy atom. The van der Waals surface area contributed by atoms with Crippen LogP contribution in [0.2, 0.25) is 5.28 Å². The molecule has 8 aromatic rings. The zero-order valence-electron chi connectivity index (χ0n) is 43.3. The third-order valence-corrected chi connectivity index (χ3v) is 12.4. The molecule has 2 saturated heterocycles. The maximum atomic E-state index is 11.7. The fraction of sp³-hybridized carbons (Fsp3) is 0.400. The van der Waals surface area contributed by atoms with E-state index in [0.717, 1.165) is 75.7 Å². The minimum absolute atomic E-state index is 0.00882. The van der Waals surface area contributed by atoms with Gasteiger partial charge < -0.3 is 30.7 Å². The Labute approximate surface area is 515 Å². The molecule has 26 heteroatoms. The first-order chi connectivity index (χ1) is 36.3. The van der Waals surface area contributed by atoms with Crippen molar-refractivity contribution < 1.29 is 24.0 Å². The molecule has 18 nitrogen and oxygen atoms in total. The van der Waals surface area contributed by atoms with E-state index in [1.165, 1.54) is 0 Å². The van der Waals surface area contributed by atoms with Gasteiger partial charge in [-0.15, -0.1) is 0 Å². The summed E-state index contributed by atoms with van der Waals surface area (Å²) in [6.45, 7) is 22.1. The zero-order valence-corrected chi connectivity index (χ0v) is 57.7. The summed E-state index contributed by atoms with van der Waals surface area (Å²) in [6, 6.07) is 20.9. The van der Waals surface area contributed by atoms with Crippen LogP contribution in [0, 0.1) is 0 Å². The van der Waals surface area contributed by atoms with Crippen LogP contribution in [0.15, 0.2) is 85.5 Å². The Bertz CT molecular complexity index is 3170. The molecule has 0 spiro atoms. The molecule has 0 unspecified atom stereocenters. The predicted molar refractivity (Wildman–Crippen MR) is 344 cm³/mol. The van der Waals surface area contributed by atoms with Crippen LogP contribution in [0.25, 0.3) is 43.9 Å². The molecule has 76 heavy (non-hydrogen) atoms. The van der Waals surface area contributed by atoms with Crippen LogP contribution in [0.3, 0.4) is 0 Å². The van der Waals surface area contributed by atoms with E-state index in [1.807, 2.05) is 80.3 Å². The number of piperazine rings is 2. The van der Waals surface area contributed by atoms with Gasteiger partial charge in [-0.25, -0.2) is 9.97 Å². The molecule has 0 aliphatic carbocycles. The molecule has 0 bridgehead atoms. The van der Waals surface area contributed by atoms with Crippen LogP contribution in [-0.4, -0.2) is 123 Å². The molecular weight excluding hydrogens is 1630 g/mol. The van der Waals surface area contributed by atoms with E-state index in [9.17, 15) is 9.59 Å². The van der Waals surface area contributed by atoms with Crippen LogP contribution < -0.4 is 20.9 Å². The molecule has 10 rings (SSSR count). The predicted octanol–water partition coefficient (Wildman–Crippen LogP) is 12.4. The van der Waals surface area contributed by atoms with E-state index in [1.54, 1.807) is 13.8 Å². The van der Waals surface area contributed by atoms with Gasteiger partial charge in [-0.3, -0.25) is 28.9 Å². The molecule has 2 amide bonds. The molecule has 6 aromatic heterocycles. The van der Waals surface area contributed by atoms with Gasteiger partial charge >= 0.3 is 114 Å². The van der Waals surface area contributed by atoms with Gasteiger partial charge in [-0.2, -0.15) is 20.2 Å². The zero-order chi connectivity index (χ0) is 55.1. The molecule has 2 fully saturated rings. The standard InChI is InChI=1S/C25H30N8O.C19H19ClN6.C6H12N2O.5HI.2V/c1-16(2)33-15-22-23(30-33)24(29-25(28-22)32-11-9-31(10-12-32)18(4)34)27-17(3)20-13-19-7-5-6-8-21(19)26-14-20;1-11(2)26-10-16-17(25-26)18(24-19(20)23-16)22-12(3)14-8-13-6-4-5-7-15(13)21-9-14;1-6(9)8-4-2-7-3-5-8;;;;;;;/h5-8,13-17H,9-12H2,1-4H3,(H,27,28,29);4-12H,1-3H3,(H,22,23,24);7H,2-5H2,1H3;5*1H;;/q;;;;;;;;+2;+3/p-5/t17-;12-;;;;;;;;/m11......../s1. The topological polar surface area (TPSA) is 193 Å². The number of rotatable bonds is 9. The first-order valence-corrected chi connectivity index (χ1v) is 47.3. The van der Waals surface area contributed by atoms with Crippen LogP contribution in [0.1, 0.15) is 90.7 Å². The van der Waals surface area contributed by atoms with Crippen LogP contribution in [0.4, 0.5) is 17.6 Å². The average molecular weight is 1690 g/mol. The Hall–Kier alpha value is -2.23. The van der Waals surface area contributed by atoms with Crippen LogP contribution in [0.5, 0.6) is 0 Å². The quantitative estimate of drug-likeness (QED) is 0.0913. The van der Waals surface area contributed by atoms with Gasteiger partial charge in [0.2, 0.25) is 23.0 Å². The van der Waals surface area contributed by atoms with Crippen LogP contribution >= 0.6 is 111 Å². The number of hydrogen-bond acceptors (Lipinski definition) is 14. The summed E-state index contributed by atoms with van der Waals surface area (Å²) in [5.74, 6) is 2.28. The number of nitrogens with zero attached hydrogens (tertiary/aromatic N) is 13. The second-order valence-corrected chi connectivity index (χ2v) is 65.7. The summed E-state index contributed by atoms with van der Waals surface area (Å²) in [5, 5.41) is 21.9. The fourth-order valence-corrected chi connectivity index (χ4v) is 8.30. The SMILES string of the molecule is CC(=O)N1CCN(c2nc(N[C@H](C)c3cnc4ccccc4c3)c3nn(C(C)C)cc3n2)CC1.CC(=O)N1CCNCC1.CC(C)n1cc2nc(Cl)nc(N[C@H](C)c3cnc4ccccc4c3)c2n1.[I][V]([I])[I].[I][V][I]. The van der Waals surface area contributed by atoms with E-state index < -0.39 is 0 Å². The number of carbonyl (C=O) groups excluding carboxylic acids is 2. The second kappa shape index (κ2) is 31.1. The number of fused-ring (bicyclic) bond motifs is 4. The average Bonchev–Trinajstić information content (AvgIpc) is 4.06. The van der Waals surface area contributed by atoms with E-state index in [4.69, 9.17) is 26.7 Å². The Kier molecular flexibility index (Phi) is 25.8. The molecule has 8 heterocycles. The number of aromatic nitrogens is 10. The molecule has 2 aliphatic heterocycles. The van der Waals surface area contributed by atoms with E-state index in [-0.39, 0.29) is 46.2 Å². The maximum absolute atomic E-state index is 11.7. The van der Waals surface area contributed by atoms with E-state index >= 15 is 0 Å². The van der Waals surface area contributed by atoms with Gasteiger partial charge in [-0.05, 0) is 88.5 Å². The molecule has 3 N–H and O–H groups in total. The molecule has 0 saturated carbocycles. The normalized spacial score (nSPS) is 14.2. The van der Waals surface area contributed by atoms with Gasteiger partial charge in [0.25, 0.3) is 0 Å². The number of carbonyl (C=O) groups is 2. The minimum atomic E-state index is -0.278. The third kappa shape index (κ3) is 18.4. The molecule has 2 aliphatic rings. The molecule has 2 aromatic carbocycles. The van der Waals surface area contributed by atoms with Crippen molar-refractivity contribution in [3.8, 4) is 0 Å². The van der Waals surface area contributed by atoms with Gasteiger partial charge in [-0.1, -0.05) is 36.4 Å². The number of pyridine rings is 2. The molecule has 2 atom stereocenters. The number of benzene rings is 2. The summed E-state index contributed by atoms with van der Waals surface area (Å²) in [6.07, 6.45) is 7.66. The van der Waals surface area contributed by atoms with Crippen molar-refractivity contribution in [1.82, 2.24) is 64.6 Å². The summed E-state index contributed by atoms with van der Waals surface area (Å²) >= 11 is 18.2. The number of hydrogen-bond donors (Lipinski definition) is 3. The van der Waals surface area contributed by atoms with Crippen molar-refractivity contribution in [1.29, 1.82) is 0 Å². The van der Waals surface area contributed by atoms with Crippen molar-refractivity contribution in [3.63, 3.8) is 0 Å². The van der Waals surface area contributed by atoms with Crippen molar-refractivity contribution in [3.05, 3.63) is 102 Å². The van der Waals surface area contributed by atoms with Crippen molar-refractivity contribution in [2.75, 3.05) is 67.9 Å². The van der Waals surface area contributed by atoms with Gasteiger partial charge in [0, 0.05) is 101 Å². The van der Waals surface area contributed by atoms with E-state index in [2.05, 4.69) is 212 Å². The monoisotopic (exact) mass is 1690 g/mol. The number of amides is 2. The first kappa shape index (κ1) is 63.0. The number of halogens is 6. The Balaban J connectivity index is 0.000000195. The van der Waals surface area contributed by atoms with E-state index in [0.29, 0.717) is 58.7 Å². The summed E-state index contributed by atoms with van der Waals surface area (Å²) in [5.41, 5.74) is 7.09. The van der Waals surface area contributed by atoms with Gasteiger partial charge in [0.15, 0.2) is 22.7 Å². The Morgan fingerprint density at radius 1 is 0.632 bits per heavy atom. The van der Waals surface area contributed by atoms with Crippen molar-refractivity contribution in [2.45, 2.75) is 79.6 Å². The molecular formula is C50H61ClI5N16O2V2. The van der Waals surface area contributed by atoms with Gasteiger partial charge in [0.05, 0.1) is 35.5 Å². The summed E-state index contributed by atoms with van der Waals surface area (Å²) < 4.78 is 3.79. The van der Waals surface area contributed by atoms with Crippen molar-refractivity contribution in [2.24, 2.45) is 0 Å². The van der Waals surface area contributed by atoms with Crippen LogP contribution in [-0.2, 0) is 24.0 Å². The Morgan fingerprint density at radius 2 is 1.05 bits per heavy atom. The first-order valence-electron chi connectivity index (χ1n) is 24.4. The number of anilines is 3. The molecule has 405 valence electrons. The second-order valence-electron chi connectivity index (χ2n) is 18.2. The summed E-state index contributed by atoms with van der Waals surface area (Å²) in [4.78, 5) is 55.5.